The lowest BCUT2D eigenvalue weighted by atomic mass is 9.82. The normalized spacial score (nSPS) is 18.9. The molecule has 0 spiro atoms. The van der Waals surface area contributed by atoms with Gasteiger partial charge in [0.1, 0.15) is 5.75 Å². The molecule has 0 fully saturated rings. The number of rotatable bonds is 3. The first kappa shape index (κ1) is 11.0. The number of methoxy groups -OCH3 is 1. The summed E-state index contributed by atoms with van der Waals surface area (Å²) in [6, 6.07) is 6.02. The van der Waals surface area contributed by atoms with Gasteiger partial charge in [-0.15, -0.1) is 0 Å². The summed E-state index contributed by atoms with van der Waals surface area (Å²) in [6.07, 6.45) is 3.01. The highest BCUT2D eigenvalue weighted by atomic mass is 16.5. The number of benzene rings is 1. The smallest absolute Gasteiger partial charge is 0.303 e. The molecule has 1 N–H and O–H groups in total. The third-order valence-electron chi connectivity index (χ3n) is 3.22. The summed E-state index contributed by atoms with van der Waals surface area (Å²) in [7, 11) is 1.68. The predicted octanol–water partition coefficient (Wildman–Crippen LogP) is 2.27. The Morgan fingerprint density at radius 1 is 1.56 bits per heavy atom. The van der Waals surface area contributed by atoms with Crippen LogP contribution in [-0.4, -0.2) is 18.2 Å². The van der Waals surface area contributed by atoms with E-state index in [2.05, 4.69) is 6.07 Å². The fourth-order valence-corrected chi connectivity index (χ4v) is 2.46. The van der Waals surface area contributed by atoms with E-state index in [1.54, 1.807) is 7.11 Å². The lowest BCUT2D eigenvalue weighted by molar-refractivity contribution is -0.138. The Morgan fingerprint density at radius 2 is 2.38 bits per heavy atom. The Balaban J connectivity index is 2.18. The molecular formula is C13H16O3. The van der Waals surface area contributed by atoms with Crippen molar-refractivity contribution in [3.63, 3.8) is 0 Å². The summed E-state index contributed by atoms with van der Waals surface area (Å²) in [5, 5.41) is 8.79. The van der Waals surface area contributed by atoms with Crippen molar-refractivity contribution < 1.29 is 14.6 Å². The summed E-state index contributed by atoms with van der Waals surface area (Å²) in [4.78, 5) is 10.7. The number of carboxylic acids is 1. The van der Waals surface area contributed by atoms with Crippen molar-refractivity contribution >= 4 is 5.97 Å². The third-order valence-corrected chi connectivity index (χ3v) is 3.22. The lowest BCUT2D eigenvalue weighted by Gasteiger charge is -2.24. The van der Waals surface area contributed by atoms with Crippen LogP contribution in [0.3, 0.4) is 0 Å². The first-order chi connectivity index (χ1) is 7.70. The van der Waals surface area contributed by atoms with E-state index in [4.69, 9.17) is 9.84 Å². The number of fused-ring (bicyclic) bond motifs is 1. The molecule has 0 aliphatic heterocycles. The van der Waals surface area contributed by atoms with Crippen LogP contribution in [0, 0.1) is 5.92 Å². The molecule has 0 saturated carbocycles. The van der Waals surface area contributed by atoms with Crippen LogP contribution in [0.5, 0.6) is 5.75 Å². The molecule has 1 aliphatic rings. The number of aliphatic carboxylic acids is 1. The molecule has 16 heavy (non-hydrogen) atoms. The Hall–Kier alpha value is -1.51. The van der Waals surface area contributed by atoms with Crippen LogP contribution < -0.4 is 4.74 Å². The molecule has 0 bridgehead atoms. The summed E-state index contributed by atoms with van der Waals surface area (Å²) < 4.78 is 5.31. The quantitative estimate of drug-likeness (QED) is 0.850. The van der Waals surface area contributed by atoms with Crippen LogP contribution in [0.4, 0.5) is 0 Å². The molecule has 1 aromatic rings. The summed E-state index contributed by atoms with van der Waals surface area (Å²) >= 11 is 0. The minimum Gasteiger partial charge on any atom is -0.496 e. The molecule has 86 valence electrons. The minimum absolute atomic E-state index is 0.274. The average Bonchev–Trinajstić information content (AvgIpc) is 2.27. The van der Waals surface area contributed by atoms with Gasteiger partial charge in [-0.2, -0.15) is 0 Å². The van der Waals surface area contributed by atoms with Crippen molar-refractivity contribution in [2.45, 2.75) is 25.7 Å². The van der Waals surface area contributed by atoms with Crippen LogP contribution in [0.15, 0.2) is 18.2 Å². The van der Waals surface area contributed by atoms with Gasteiger partial charge < -0.3 is 9.84 Å². The van der Waals surface area contributed by atoms with Gasteiger partial charge >= 0.3 is 5.97 Å². The van der Waals surface area contributed by atoms with E-state index in [1.807, 2.05) is 12.1 Å². The van der Waals surface area contributed by atoms with Gasteiger partial charge in [0, 0.05) is 6.42 Å². The van der Waals surface area contributed by atoms with Gasteiger partial charge in [0.25, 0.3) is 0 Å². The van der Waals surface area contributed by atoms with Crippen molar-refractivity contribution in [2.24, 2.45) is 5.92 Å². The van der Waals surface area contributed by atoms with E-state index < -0.39 is 5.97 Å². The number of hydrogen-bond acceptors (Lipinski definition) is 2. The molecular weight excluding hydrogens is 204 g/mol. The SMILES string of the molecule is COc1cccc2c1CCC(CC(=O)O)C2. The maximum atomic E-state index is 10.7. The number of hydrogen-bond donors (Lipinski definition) is 1. The van der Waals surface area contributed by atoms with Crippen molar-refractivity contribution in [3.05, 3.63) is 29.3 Å². The molecule has 3 nitrogen and oxygen atoms in total. The highest BCUT2D eigenvalue weighted by Gasteiger charge is 2.22. The summed E-state index contributed by atoms with van der Waals surface area (Å²) in [5.74, 6) is 0.514. The van der Waals surface area contributed by atoms with Gasteiger partial charge in [0.2, 0.25) is 0 Å². The molecule has 1 atom stereocenters. The van der Waals surface area contributed by atoms with Gasteiger partial charge in [-0.05, 0) is 42.4 Å². The standard InChI is InChI=1S/C13H16O3/c1-16-12-4-2-3-10-7-9(8-13(14)15)5-6-11(10)12/h2-4,9H,5-8H2,1H3,(H,14,15). The van der Waals surface area contributed by atoms with Crippen LogP contribution in [0.2, 0.25) is 0 Å². The molecule has 3 heteroatoms. The Labute approximate surface area is 95.0 Å². The molecule has 1 unspecified atom stereocenters. The minimum atomic E-state index is -0.698. The van der Waals surface area contributed by atoms with E-state index in [0.717, 1.165) is 25.0 Å². The number of carbonyl (C=O) groups is 1. The molecule has 0 heterocycles. The van der Waals surface area contributed by atoms with Gasteiger partial charge in [-0.25, -0.2) is 0 Å². The molecule has 1 aliphatic carbocycles. The van der Waals surface area contributed by atoms with Crippen molar-refractivity contribution in [1.29, 1.82) is 0 Å². The monoisotopic (exact) mass is 220 g/mol. The van der Waals surface area contributed by atoms with Crippen LogP contribution >= 0.6 is 0 Å². The molecule has 0 saturated heterocycles. The molecule has 0 aromatic heterocycles. The molecule has 0 amide bonds. The zero-order valence-electron chi connectivity index (χ0n) is 9.40. The average molecular weight is 220 g/mol. The van der Waals surface area contributed by atoms with E-state index in [0.29, 0.717) is 0 Å². The second kappa shape index (κ2) is 4.56. The van der Waals surface area contributed by atoms with E-state index in [1.165, 1.54) is 11.1 Å². The van der Waals surface area contributed by atoms with E-state index in [-0.39, 0.29) is 12.3 Å². The fourth-order valence-electron chi connectivity index (χ4n) is 2.46. The maximum absolute atomic E-state index is 10.7. The maximum Gasteiger partial charge on any atom is 0.303 e. The highest BCUT2D eigenvalue weighted by Crippen LogP contribution is 2.33. The van der Waals surface area contributed by atoms with Crippen molar-refractivity contribution in [2.75, 3.05) is 7.11 Å². The Morgan fingerprint density at radius 3 is 3.06 bits per heavy atom. The van der Waals surface area contributed by atoms with Gasteiger partial charge in [0.05, 0.1) is 7.11 Å². The Kier molecular flexibility index (Phi) is 3.13. The second-order valence-electron chi connectivity index (χ2n) is 4.30. The first-order valence-corrected chi connectivity index (χ1v) is 5.57. The number of ether oxygens (including phenoxy) is 1. The summed E-state index contributed by atoms with van der Waals surface area (Å²) in [5.41, 5.74) is 2.50. The first-order valence-electron chi connectivity index (χ1n) is 5.57. The second-order valence-corrected chi connectivity index (χ2v) is 4.30. The van der Waals surface area contributed by atoms with Crippen LogP contribution in [-0.2, 0) is 17.6 Å². The lowest BCUT2D eigenvalue weighted by Crippen LogP contribution is -2.18. The zero-order chi connectivity index (χ0) is 11.5. The van der Waals surface area contributed by atoms with Crippen molar-refractivity contribution in [1.82, 2.24) is 0 Å². The van der Waals surface area contributed by atoms with E-state index >= 15 is 0 Å². The number of carboxylic acid groups (broad SMARTS) is 1. The predicted molar refractivity (Wildman–Crippen MR) is 60.8 cm³/mol. The van der Waals surface area contributed by atoms with Gasteiger partial charge in [0.15, 0.2) is 0 Å². The largest absolute Gasteiger partial charge is 0.496 e. The molecule has 0 radical (unpaired) electrons. The third kappa shape index (κ3) is 2.18. The molecule has 1 aromatic carbocycles. The highest BCUT2D eigenvalue weighted by molar-refractivity contribution is 5.67. The van der Waals surface area contributed by atoms with E-state index in [9.17, 15) is 4.79 Å². The fraction of sp³-hybridized carbons (Fsp3) is 0.462. The zero-order valence-corrected chi connectivity index (χ0v) is 9.40. The Bertz CT molecular complexity index is 398. The summed E-state index contributed by atoms with van der Waals surface area (Å²) in [6.45, 7) is 0. The van der Waals surface area contributed by atoms with Crippen LogP contribution in [0.1, 0.15) is 24.0 Å². The topological polar surface area (TPSA) is 46.5 Å². The van der Waals surface area contributed by atoms with Gasteiger partial charge in [-0.3, -0.25) is 4.79 Å². The van der Waals surface area contributed by atoms with Crippen molar-refractivity contribution in [3.8, 4) is 5.75 Å². The molecule has 2 rings (SSSR count). The van der Waals surface area contributed by atoms with Crippen LogP contribution in [0.25, 0.3) is 0 Å². The van der Waals surface area contributed by atoms with Gasteiger partial charge in [-0.1, -0.05) is 12.1 Å².